The minimum atomic E-state index is -4.71. The summed E-state index contributed by atoms with van der Waals surface area (Å²) in [6.07, 6.45) is -3.03. The molecule has 0 amide bonds. The van der Waals surface area contributed by atoms with Crippen molar-refractivity contribution in [2.24, 2.45) is 0 Å². The first kappa shape index (κ1) is 26.6. The Balaban J connectivity index is 1.74. The molecule has 39 heavy (non-hydrogen) atoms. The summed E-state index contributed by atoms with van der Waals surface area (Å²) in [4.78, 5) is 3.61. The van der Waals surface area contributed by atoms with Crippen molar-refractivity contribution in [2.75, 3.05) is 0 Å². The predicted octanol–water partition coefficient (Wildman–Crippen LogP) is 5.92. The molecule has 2 aromatic heterocycles. The second-order valence-electron chi connectivity index (χ2n) is 8.54. The number of aryl methyl sites for hydroxylation is 1. The number of aromatic nitrogens is 5. The third-order valence-corrected chi connectivity index (χ3v) is 6.83. The van der Waals surface area contributed by atoms with Gasteiger partial charge in [0.2, 0.25) is 0 Å². The van der Waals surface area contributed by atoms with E-state index in [-0.39, 0.29) is 27.8 Å². The van der Waals surface area contributed by atoms with Crippen LogP contribution in [0, 0.1) is 6.92 Å². The first-order chi connectivity index (χ1) is 18.5. The molecule has 0 spiro atoms. The van der Waals surface area contributed by atoms with Gasteiger partial charge in [-0.25, -0.2) is 9.67 Å². The lowest BCUT2D eigenvalue weighted by molar-refractivity contribution is -0.141. The van der Waals surface area contributed by atoms with Gasteiger partial charge in [-0.3, -0.25) is 0 Å². The fraction of sp³-hybridized carbons (Fsp3) is 0.115. The molecular formula is C26H16ClF5N5OSi-. The molecule has 0 saturated heterocycles. The highest BCUT2D eigenvalue weighted by Crippen LogP contribution is 2.38. The van der Waals surface area contributed by atoms with Crippen molar-refractivity contribution in [3.05, 3.63) is 107 Å². The summed E-state index contributed by atoms with van der Waals surface area (Å²) in [5.74, 6) is -3.61. The van der Waals surface area contributed by atoms with Gasteiger partial charge in [0.15, 0.2) is 5.69 Å². The smallest absolute Gasteiger partial charge is 0.434 e. The normalized spacial score (nSPS) is 12.1. The fourth-order valence-electron chi connectivity index (χ4n) is 4.13. The van der Waals surface area contributed by atoms with Crippen molar-refractivity contribution in [3.8, 4) is 22.5 Å². The molecule has 5 rings (SSSR count). The zero-order valence-electron chi connectivity index (χ0n) is 19.9. The largest absolute Gasteiger partial charge is 0.614 e. The standard InChI is InChI=1S/C26H16ClF5N5OSi/c1-15-34-23(26(30,31)32)14-36(15)21-10-5-17(16-3-2-4-20(11-16)39-38)12-22(21)37-24(13-33-35-37)25(28,29)18-6-8-19(27)9-7-18/h2-14H,1H3/q-1. The minimum Gasteiger partial charge on any atom is -0.614 e. The summed E-state index contributed by atoms with van der Waals surface area (Å²) in [7, 11) is -0.715. The van der Waals surface area contributed by atoms with Crippen LogP contribution < -0.4 is 5.19 Å². The molecule has 0 atom stereocenters. The Morgan fingerprint density at radius 2 is 1.62 bits per heavy atom. The van der Waals surface area contributed by atoms with Crippen molar-refractivity contribution in [3.63, 3.8) is 0 Å². The first-order valence-electron chi connectivity index (χ1n) is 11.3. The number of hydrogen-bond donors (Lipinski definition) is 0. The third-order valence-electron chi connectivity index (χ3n) is 6.03. The zero-order chi connectivity index (χ0) is 27.9. The summed E-state index contributed by atoms with van der Waals surface area (Å²) in [6, 6.07) is 16.3. The molecule has 0 unspecified atom stereocenters. The highest BCUT2D eigenvalue weighted by molar-refractivity contribution is 6.38. The Morgan fingerprint density at radius 3 is 2.28 bits per heavy atom. The number of benzene rings is 3. The van der Waals surface area contributed by atoms with Crippen LogP contribution in [-0.4, -0.2) is 34.0 Å². The van der Waals surface area contributed by atoms with E-state index in [0.29, 0.717) is 16.3 Å². The van der Waals surface area contributed by atoms with Gasteiger partial charge < -0.3 is 9.03 Å². The van der Waals surface area contributed by atoms with Gasteiger partial charge in [0, 0.05) is 16.8 Å². The lowest BCUT2D eigenvalue weighted by Crippen LogP contribution is -2.21. The van der Waals surface area contributed by atoms with Crippen LogP contribution in [0.25, 0.3) is 22.5 Å². The van der Waals surface area contributed by atoms with Crippen LogP contribution >= 0.6 is 11.6 Å². The highest BCUT2D eigenvalue weighted by atomic mass is 35.5. The topological polar surface area (TPSA) is 65.6 Å². The number of nitrogens with zero attached hydrogens (tertiary/aromatic N) is 5. The molecule has 198 valence electrons. The van der Waals surface area contributed by atoms with Crippen LogP contribution in [0.5, 0.6) is 0 Å². The second kappa shape index (κ2) is 9.93. The van der Waals surface area contributed by atoms with Gasteiger partial charge in [-0.2, -0.15) is 27.1 Å². The summed E-state index contributed by atoms with van der Waals surface area (Å²) in [6.45, 7) is 1.37. The van der Waals surface area contributed by atoms with Crippen molar-refractivity contribution in [1.82, 2.24) is 24.5 Å². The van der Waals surface area contributed by atoms with Crippen LogP contribution in [0.15, 0.2) is 79.1 Å². The lowest BCUT2D eigenvalue weighted by Gasteiger charge is -2.20. The molecule has 0 saturated carbocycles. The van der Waals surface area contributed by atoms with Crippen molar-refractivity contribution in [2.45, 2.75) is 19.0 Å². The SMILES string of the molecule is Cc1nc(C(F)(F)F)cn1-c1ccc(-c2cccc([Si-]=O)c2)cc1-n1nncc1C(F)(F)c1ccc(Cl)cc1. The number of rotatable bonds is 6. The van der Waals surface area contributed by atoms with Gasteiger partial charge in [0.25, 0.3) is 0 Å². The molecule has 6 nitrogen and oxygen atoms in total. The monoisotopic (exact) mass is 572 g/mol. The number of hydrogen-bond acceptors (Lipinski definition) is 4. The van der Waals surface area contributed by atoms with E-state index in [0.717, 1.165) is 21.6 Å². The van der Waals surface area contributed by atoms with Crippen molar-refractivity contribution in [1.29, 1.82) is 0 Å². The molecule has 0 bridgehead atoms. The fourth-order valence-corrected chi connectivity index (χ4v) is 4.63. The van der Waals surface area contributed by atoms with E-state index in [1.807, 2.05) is 0 Å². The molecule has 0 aliphatic heterocycles. The van der Waals surface area contributed by atoms with Gasteiger partial charge in [0.1, 0.15) is 11.5 Å². The average Bonchev–Trinajstić information content (AvgIpc) is 3.56. The highest BCUT2D eigenvalue weighted by Gasteiger charge is 2.39. The minimum absolute atomic E-state index is 0.0167. The average molecular weight is 573 g/mol. The second-order valence-corrected chi connectivity index (χ2v) is 9.76. The Hall–Kier alpha value is -4.03. The number of imidazole rings is 1. The quantitative estimate of drug-likeness (QED) is 0.187. The Labute approximate surface area is 225 Å². The molecule has 0 fully saturated rings. The maximum Gasteiger partial charge on any atom is 0.434 e. The Kier molecular flexibility index (Phi) is 6.77. The molecule has 0 aliphatic rings. The maximum atomic E-state index is 15.7. The van der Waals surface area contributed by atoms with E-state index in [9.17, 15) is 17.6 Å². The van der Waals surface area contributed by atoms with Crippen molar-refractivity contribution >= 4 is 26.2 Å². The van der Waals surface area contributed by atoms with Crippen LogP contribution in [0.2, 0.25) is 5.02 Å². The molecule has 13 heteroatoms. The van der Waals surface area contributed by atoms with Crippen molar-refractivity contribution < 1.29 is 26.4 Å². The summed E-state index contributed by atoms with van der Waals surface area (Å²) < 4.78 is 85.3. The maximum absolute atomic E-state index is 15.7. The number of alkyl halides is 5. The van der Waals surface area contributed by atoms with Crippen LogP contribution in [0.3, 0.4) is 0 Å². The third kappa shape index (κ3) is 5.04. The molecule has 5 aromatic rings. The van der Waals surface area contributed by atoms with Crippen LogP contribution in [0.1, 0.15) is 22.8 Å². The van der Waals surface area contributed by atoms with Gasteiger partial charge in [-0.05, 0) is 42.3 Å². The lowest BCUT2D eigenvalue weighted by atomic mass is 10.0. The summed E-state index contributed by atoms with van der Waals surface area (Å²) in [5, 5.41) is 8.40. The van der Waals surface area contributed by atoms with E-state index in [4.69, 9.17) is 11.6 Å². The van der Waals surface area contributed by atoms with Gasteiger partial charge >= 0.3 is 12.1 Å². The van der Waals surface area contributed by atoms with E-state index in [1.165, 1.54) is 43.3 Å². The van der Waals surface area contributed by atoms with Gasteiger partial charge in [-0.1, -0.05) is 59.3 Å². The van der Waals surface area contributed by atoms with Gasteiger partial charge in [-0.15, -0.1) is 14.5 Å². The van der Waals surface area contributed by atoms with E-state index in [1.54, 1.807) is 30.3 Å². The summed E-state index contributed by atoms with van der Waals surface area (Å²) in [5.41, 5.74) is -0.851. The van der Waals surface area contributed by atoms with E-state index < -0.39 is 32.9 Å². The van der Waals surface area contributed by atoms with Gasteiger partial charge in [0.05, 0.1) is 17.6 Å². The Bertz CT molecular complexity index is 1680. The number of halogens is 6. The van der Waals surface area contributed by atoms with E-state index in [2.05, 4.69) is 15.3 Å². The zero-order valence-corrected chi connectivity index (χ0v) is 21.7. The van der Waals surface area contributed by atoms with Crippen LogP contribution in [0.4, 0.5) is 22.0 Å². The van der Waals surface area contributed by atoms with Crippen LogP contribution in [-0.2, 0) is 16.6 Å². The molecule has 3 aromatic carbocycles. The predicted molar refractivity (Wildman–Crippen MR) is 134 cm³/mol. The molecular weight excluding hydrogens is 557 g/mol. The Morgan fingerprint density at radius 1 is 0.897 bits per heavy atom. The molecule has 0 N–H and O–H groups in total. The molecule has 0 radical (unpaired) electrons. The van der Waals surface area contributed by atoms with E-state index >= 15 is 8.78 Å². The molecule has 0 aliphatic carbocycles. The summed E-state index contributed by atoms with van der Waals surface area (Å²) >= 11 is 5.87. The molecule has 2 heterocycles. The first-order valence-corrected chi connectivity index (χ1v) is 12.6.